The van der Waals surface area contributed by atoms with Gasteiger partial charge >= 0.3 is 0 Å². The van der Waals surface area contributed by atoms with Gasteiger partial charge in [0, 0.05) is 51.5 Å². The Morgan fingerprint density at radius 1 is 1.28 bits per heavy atom. The molecule has 0 aliphatic carbocycles. The second kappa shape index (κ2) is 11.7. The third kappa shape index (κ3) is 5.86. The summed E-state index contributed by atoms with van der Waals surface area (Å²) >= 11 is 0. The number of nitrogens with zero attached hydrogens (tertiary/aromatic N) is 5. The standard InChI is InChI=1S/C23H34N6O2.HI/c1-4-24-23(29-11-12-31-22(17-29)19-14-26-27(2)16-19)25-13-18-9-10-28(15-18)20-7-5-6-8-21(20)30-3;/h5-8,14,16,18,22H,4,9-13,15,17H2,1-3H3,(H,24,25);1H. The summed E-state index contributed by atoms with van der Waals surface area (Å²) in [5.74, 6) is 2.46. The van der Waals surface area contributed by atoms with E-state index in [0.717, 1.165) is 63.0 Å². The second-order valence-electron chi connectivity index (χ2n) is 8.22. The fraction of sp³-hybridized carbons (Fsp3) is 0.565. The molecule has 0 bridgehead atoms. The maximum atomic E-state index is 6.00. The maximum Gasteiger partial charge on any atom is 0.194 e. The molecule has 0 amide bonds. The molecule has 32 heavy (non-hydrogen) atoms. The van der Waals surface area contributed by atoms with Gasteiger partial charge in [0.25, 0.3) is 0 Å². The number of aryl methyl sites for hydroxylation is 1. The zero-order valence-corrected chi connectivity index (χ0v) is 21.6. The van der Waals surface area contributed by atoms with Crippen LogP contribution >= 0.6 is 24.0 Å². The highest BCUT2D eigenvalue weighted by Crippen LogP contribution is 2.32. The van der Waals surface area contributed by atoms with Crippen molar-refractivity contribution in [2.24, 2.45) is 18.0 Å². The Bertz CT molecular complexity index is 889. The molecular formula is C23H35IN6O2. The van der Waals surface area contributed by atoms with Gasteiger partial charge in [-0.2, -0.15) is 5.10 Å². The van der Waals surface area contributed by atoms with E-state index in [1.54, 1.807) is 7.11 Å². The van der Waals surface area contributed by atoms with Crippen LogP contribution in [0.4, 0.5) is 5.69 Å². The van der Waals surface area contributed by atoms with Gasteiger partial charge in [-0.15, -0.1) is 24.0 Å². The molecule has 4 rings (SSSR count). The van der Waals surface area contributed by atoms with E-state index in [1.165, 1.54) is 5.69 Å². The normalized spacial score (nSPS) is 21.4. The molecule has 3 heterocycles. The van der Waals surface area contributed by atoms with Crippen LogP contribution in [0, 0.1) is 5.92 Å². The van der Waals surface area contributed by atoms with Gasteiger partial charge < -0.3 is 24.6 Å². The Labute approximate surface area is 208 Å². The minimum Gasteiger partial charge on any atom is -0.495 e. The van der Waals surface area contributed by atoms with Crippen molar-refractivity contribution >= 4 is 35.6 Å². The molecule has 2 saturated heterocycles. The highest BCUT2D eigenvalue weighted by Gasteiger charge is 2.27. The number of hydrogen-bond donors (Lipinski definition) is 1. The predicted molar refractivity (Wildman–Crippen MR) is 138 cm³/mol. The SMILES string of the molecule is CCNC(=NCC1CCN(c2ccccc2OC)C1)N1CCOC(c2cnn(C)c2)C1.I. The molecule has 0 radical (unpaired) electrons. The molecule has 1 aromatic heterocycles. The third-order valence-corrected chi connectivity index (χ3v) is 6.01. The lowest BCUT2D eigenvalue weighted by molar-refractivity contribution is -0.00805. The Hall–Kier alpha value is -2.01. The number of benzene rings is 1. The molecule has 1 N–H and O–H groups in total. The van der Waals surface area contributed by atoms with Gasteiger partial charge in [-0.3, -0.25) is 9.67 Å². The molecule has 2 aliphatic heterocycles. The fourth-order valence-electron chi connectivity index (χ4n) is 4.38. The Balaban J connectivity index is 0.00000289. The van der Waals surface area contributed by atoms with Gasteiger partial charge in [0.1, 0.15) is 11.9 Å². The van der Waals surface area contributed by atoms with Gasteiger partial charge in [0.15, 0.2) is 5.96 Å². The van der Waals surface area contributed by atoms with Crippen LogP contribution in [0.5, 0.6) is 5.75 Å². The molecule has 2 unspecified atom stereocenters. The molecule has 8 nitrogen and oxygen atoms in total. The van der Waals surface area contributed by atoms with Crippen molar-refractivity contribution in [1.82, 2.24) is 20.0 Å². The summed E-state index contributed by atoms with van der Waals surface area (Å²) in [6, 6.07) is 8.26. The van der Waals surface area contributed by atoms with E-state index in [-0.39, 0.29) is 30.1 Å². The average molecular weight is 554 g/mol. The quantitative estimate of drug-likeness (QED) is 0.337. The van der Waals surface area contributed by atoms with Crippen molar-refractivity contribution in [2.75, 3.05) is 57.9 Å². The van der Waals surface area contributed by atoms with Crippen LogP contribution < -0.4 is 15.0 Å². The summed E-state index contributed by atoms with van der Waals surface area (Å²) in [6.07, 6.45) is 5.09. The van der Waals surface area contributed by atoms with E-state index in [2.05, 4.69) is 39.3 Å². The number of ether oxygens (including phenoxy) is 2. The van der Waals surface area contributed by atoms with E-state index in [9.17, 15) is 0 Å². The van der Waals surface area contributed by atoms with Crippen molar-refractivity contribution in [1.29, 1.82) is 0 Å². The zero-order chi connectivity index (χ0) is 21.6. The van der Waals surface area contributed by atoms with E-state index < -0.39 is 0 Å². The van der Waals surface area contributed by atoms with Gasteiger partial charge in [-0.05, 0) is 31.4 Å². The van der Waals surface area contributed by atoms with Crippen LogP contribution in [-0.2, 0) is 11.8 Å². The largest absolute Gasteiger partial charge is 0.495 e. The molecule has 9 heteroatoms. The zero-order valence-electron chi connectivity index (χ0n) is 19.2. The number of nitrogens with one attached hydrogen (secondary N) is 1. The Kier molecular flexibility index (Phi) is 9.03. The number of para-hydroxylation sites is 2. The number of hydrogen-bond acceptors (Lipinski definition) is 5. The van der Waals surface area contributed by atoms with Crippen molar-refractivity contribution in [2.45, 2.75) is 19.4 Å². The first kappa shape index (κ1) is 24.6. The molecule has 176 valence electrons. The summed E-state index contributed by atoms with van der Waals surface area (Å²) in [6.45, 7) is 8.16. The molecule has 2 aliphatic rings. The number of morpholine rings is 1. The number of guanidine groups is 1. The summed E-state index contributed by atoms with van der Waals surface area (Å²) < 4.78 is 13.4. The number of aromatic nitrogens is 2. The first-order valence-corrected chi connectivity index (χ1v) is 11.2. The summed E-state index contributed by atoms with van der Waals surface area (Å²) in [5.41, 5.74) is 2.29. The highest BCUT2D eigenvalue weighted by molar-refractivity contribution is 14.0. The summed E-state index contributed by atoms with van der Waals surface area (Å²) in [7, 11) is 3.67. The van der Waals surface area contributed by atoms with Gasteiger partial charge in [-0.25, -0.2) is 0 Å². The van der Waals surface area contributed by atoms with Crippen molar-refractivity contribution in [3.63, 3.8) is 0 Å². The van der Waals surface area contributed by atoms with Crippen molar-refractivity contribution in [3.8, 4) is 5.75 Å². The lowest BCUT2D eigenvalue weighted by Gasteiger charge is -2.35. The number of methoxy groups -OCH3 is 1. The highest BCUT2D eigenvalue weighted by atomic mass is 127. The first-order chi connectivity index (χ1) is 15.2. The van der Waals surface area contributed by atoms with E-state index >= 15 is 0 Å². The third-order valence-electron chi connectivity index (χ3n) is 6.01. The smallest absolute Gasteiger partial charge is 0.194 e. The second-order valence-corrected chi connectivity index (χ2v) is 8.22. The number of aliphatic imine (C=N–C) groups is 1. The first-order valence-electron chi connectivity index (χ1n) is 11.2. The lowest BCUT2D eigenvalue weighted by atomic mass is 10.1. The van der Waals surface area contributed by atoms with Crippen LogP contribution in [0.3, 0.4) is 0 Å². The van der Waals surface area contributed by atoms with E-state index in [4.69, 9.17) is 14.5 Å². The van der Waals surface area contributed by atoms with Gasteiger partial charge in [0.2, 0.25) is 0 Å². The van der Waals surface area contributed by atoms with E-state index in [0.29, 0.717) is 12.5 Å². The average Bonchev–Trinajstić information content (AvgIpc) is 3.46. The molecule has 0 saturated carbocycles. The van der Waals surface area contributed by atoms with Crippen molar-refractivity contribution in [3.05, 3.63) is 42.2 Å². The Morgan fingerprint density at radius 3 is 2.88 bits per heavy atom. The van der Waals surface area contributed by atoms with E-state index in [1.807, 2.05) is 36.3 Å². The van der Waals surface area contributed by atoms with Gasteiger partial charge in [0.05, 0.1) is 32.1 Å². The van der Waals surface area contributed by atoms with Crippen LogP contribution in [0.1, 0.15) is 25.0 Å². The maximum absolute atomic E-state index is 6.00. The summed E-state index contributed by atoms with van der Waals surface area (Å²) in [5, 5.41) is 7.77. The minimum absolute atomic E-state index is 0. The topological polar surface area (TPSA) is 67.2 Å². The molecular weight excluding hydrogens is 519 g/mol. The van der Waals surface area contributed by atoms with Crippen LogP contribution in [-0.4, -0.2) is 73.6 Å². The fourth-order valence-corrected chi connectivity index (χ4v) is 4.38. The predicted octanol–water partition coefficient (Wildman–Crippen LogP) is 2.91. The minimum atomic E-state index is 0. The molecule has 2 fully saturated rings. The van der Waals surface area contributed by atoms with Crippen LogP contribution in [0.15, 0.2) is 41.7 Å². The monoisotopic (exact) mass is 554 g/mol. The summed E-state index contributed by atoms with van der Waals surface area (Å²) in [4.78, 5) is 9.75. The van der Waals surface area contributed by atoms with Gasteiger partial charge in [-0.1, -0.05) is 12.1 Å². The number of rotatable bonds is 6. The molecule has 0 spiro atoms. The van der Waals surface area contributed by atoms with Crippen LogP contribution in [0.25, 0.3) is 0 Å². The van der Waals surface area contributed by atoms with Crippen LogP contribution in [0.2, 0.25) is 0 Å². The molecule has 1 aromatic carbocycles. The number of halogens is 1. The van der Waals surface area contributed by atoms with Crippen molar-refractivity contribution < 1.29 is 9.47 Å². The lowest BCUT2D eigenvalue weighted by Crippen LogP contribution is -2.48. The molecule has 2 atom stereocenters. The molecule has 2 aromatic rings. The number of anilines is 1. The Morgan fingerprint density at radius 2 is 2.12 bits per heavy atom.